The fourth-order valence-corrected chi connectivity index (χ4v) is 5.05. The van der Waals surface area contributed by atoms with Crippen LogP contribution < -0.4 is 10.6 Å². The van der Waals surface area contributed by atoms with Gasteiger partial charge in [-0.15, -0.1) is 0 Å². The Balaban J connectivity index is 1.60. The van der Waals surface area contributed by atoms with Crippen LogP contribution in [0.25, 0.3) is 0 Å². The molecule has 0 aliphatic heterocycles. The lowest BCUT2D eigenvalue weighted by molar-refractivity contribution is -0.615. The van der Waals surface area contributed by atoms with E-state index in [0.29, 0.717) is 12.0 Å². The van der Waals surface area contributed by atoms with E-state index in [4.69, 9.17) is 0 Å². The monoisotopic (exact) mass is 237 g/mol. The van der Waals surface area contributed by atoms with Crippen LogP contribution in [0.5, 0.6) is 0 Å². The van der Waals surface area contributed by atoms with Gasteiger partial charge in [0.25, 0.3) is 5.91 Å². The molecule has 0 atom stereocenters. The van der Waals surface area contributed by atoms with Crippen molar-refractivity contribution >= 4 is 5.91 Å². The van der Waals surface area contributed by atoms with Crippen molar-refractivity contribution < 1.29 is 10.1 Å². The third-order valence-corrected chi connectivity index (χ3v) is 5.22. The van der Waals surface area contributed by atoms with Gasteiger partial charge in [-0.2, -0.15) is 0 Å². The first-order valence-electron chi connectivity index (χ1n) is 7.24. The van der Waals surface area contributed by atoms with Crippen LogP contribution in [0.3, 0.4) is 0 Å². The zero-order valence-corrected chi connectivity index (χ0v) is 10.9. The maximum absolute atomic E-state index is 11.6. The Morgan fingerprint density at radius 3 is 2.18 bits per heavy atom. The second-order valence-corrected chi connectivity index (χ2v) is 6.81. The molecule has 4 rings (SSSR count). The van der Waals surface area contributed by atoms with Gasteiger partial charge in [0.2, 0.25) is 0 Å². The molecule has 4 aliphatic carbocycles. The lowest BCUT2D eigenvalue weighted by atomic mass is 9.49. The summed E-state index contributed by atoms with van der Waals surface area (Å²) in [7, 11) is 1.95. The van der Waals surface area contributed by atoms with E-state index >= 15 is 0 Å². The third-order valence-electron chi connectivity index (χ3n) is 5.22. The van der Waals surface area contributed by atoms with E-state index in [1.54, 1.807) is 0 Å². The first-order chi connectivity index (χ1) is 8.19. The molecule has 0 aromatic heterocycles. The molecule has 3 nitrogen and oxygen atoms in total. The highest BCUT2D eigenvalue weighted by Crippen LogP contribution is 2.59. The molecule has 4 aliphatic rings. The topological polar surface area (TPSA) is 45.7 Å². The zero-order valence-electron chi connectivity index (χ0n) is 10.9. The molecule has 3 heteroatoms. The highest BCUT2D eigenvalue weighted by Gasteiger charge is 2.50. The molecule has 17 heavy (non-hydrogen) atoms. The Morgan fingerprint density at radius 1 is 1.18 bits per heavy atom. The first-order valence-corrected chi connectivity index (χ1v) is 7.24. The number of nitrogens with one attached hydrogen (secondary N) is 1. The van der Waals surface area contributed by atoms with Gasteiger partial charge in [-0.25, -0.2) is 0 Å². The standard InChI is InChI=1S/C14H24N2O/c1-15-8-13(17)16-9-14-5-10-2-11(6-14)4-12(3-10)7-14/h10-12,15H,2-9H2,1H3,(H,16,17)/p+1. The summed E-state index contributed by atoms with van der Waals surface area (Å²) >= 11 is 0. The van der Waals surface area contributed by atoms with E-state index in [-0.39, 0.29) is 5.91 Å². The lowest BCUT2D eigenvalue weighted by Gasteiger charge is -2.56. The molecular weight excluding hydrogens is 212 g/mol. The number of quaternary nitrogens is 1. The van der Waals surface area contributed by atoms with Gasteiger partial charge in [0.1, 0.15) is 0 Å². The van der Waals surface area contributed by atoms with Crippen LogP contribution in [0.4, 0.5) is 0 Å². The van der Waals surface area contributed by atoms with E-state index in [2.05, 4.69) is 5.32 Å². The number of carbonyl (C=O) groups excluding carboxylic acids is 1. The summed E-state index contributed by atoms with van der Waals surface area (Å²) in [5.74, 6) is 3.16. The van der Waals surface area contributed by atoms with E-state index in [1.807, 2.05) is 12.4 Å². The minimum Gasteiger partial charge on any atom is -0.351 e. The van der Waals surface area contributed by atoms with Crippen LogP contribution >= 0.6 is 0 Å². The van der Waals surface area contributed by atoms with Crippen molar-refractivity contribution in [1.29, 1.82) is 0 Å². The number of nitrogens with two attached hydrogens (primary N) is 1. The molecule has 0 spiro atoms. The van der Waals surface area contributed by atoms with Crippen LogP contribution in [0.15, 0.2) is 0 Å². The Kier molecular flexibility index (Phi) is 2.89. The van der Waals surface area contributed by atoms with Gasteiger partial charge in [-0.1, -0.05) is 0 Å². The van der Waals surface area contributed by atoms with Crippen LogP contribution in [0.1, 0.15) is 38.5 Å². The van der Waals surface area contributed by atoms with Crippen LogP contribution in [0.2, 0.25) is 0 Å². The number of hydrogen-bond acceptors (Lipinski definition) is 1. The molecule has 0 aromatic carbocycles. The van der Waals surface area contributed by atoms with E-state index in [0.717, 1.165) is 24.3 Å². The Hall–Kier alpha value is -0.570. The summed E-state index contributed by atoms with van der Waals surface area (Å²) in [6.07, 6.45) is 8.60. The second kappa shape index (κ2) is 4.27. The highest BCUT2D eigenvalue weighted by atomic mass is 16.1. The summed E-state index contributed by atoms with van der Waals surface area (Å²) in [4.78, 5) is 11.6. The van der Waals surface area contributed by atoms with Crippen molar-refractivity contribution in [2.24, 2.45) is 23.2 Å². The van der Waals surface area contributed by atoms with Crippen molar-refractivity contribution in [1.82, 2.24) is 5.32 Å². The van der Waals surface area contributed by atoms with Crippen molar-refractivity contribution in [2.75, 3.05) is 20.1 Å². The lowest BCUT2D eigenvalue weighted by Crippen LogP contribution is -2.82. The summed E-state index contributed by atoms with van der Waals surface area (Å²) in [6, 6.07) is 0. The van der Waals surface area contributed by atoms with E-state index in [9.17, 15) is 4.79 Å². The zero-order chi connectivity index (χ0) is 11.9. The van der Waals surface area contributed by atoms with Crippen LogP contribution in [-0.2, 0) is 4.79 Å². The summed E-state index contributed by atoms with van der Waals surface area (Å²) in [5.41, 5.74) is 0.484. The molecule has 0 heterocycles. The van der Waals surface area contributed by atoms with Gasteiger partial charge in [-0.3, -0.25) is 4.79 Å². The quantitative estimate of drug-likeness (QED) is 0.735. The molecule has 1 amide bonds. The van der Waals surface area contributed by atoms with Crippen molar-refractivity contribution in [3.63, 3.8) is 0 Å². The molecular formula is C14H25N2O+. The van der Waals surface area contributed by atoms with Crippen LogP contribution in [-0.4, -0.2) is 26.0 Å². The maximum Gasteiger partial charge on any atom is 0.275 e. The third kappa shape index (κ3) is 2.22. The van der Waals surface area contributed by atoms with Crippen molar-refractivity contribution in [3.8, 4) is 0 Å². The number of amides is 1. The Morgan fingerprint density at radius 2 is 1.71 bits per heavy atom. The Bertz CT molecular complexity index is 278. The molecule has 0 saturated heterocycles. The molecule has 4 fully saturated rings. The second-order valence-electron chi connectivity index (χ2n) is 6.81. The van der Waals surface area contributed by atoms with Crippen molar-refractivity contribution in [2.45, 2.75) is 38.5 Å². The molecule has 0 aromatic rings. The van der Waals surface area contributed by atoms with Gasteiger partial charge in [-0.05, 0) is 61.7 Å². The number of hydrogen-bond donors (Lipinski definition) is 2. The summed E-state index contributed by atoms with van der Waals surface area (Å²) < 4.78 is 0. The minimum absolute atomic E-state index is 0.211. The van der Waals surface area contributed by atoms with E-state index in [1.165, 1.54) is 38.5 Å². The number of rotatable bonds is 4. The molecule has 0 unspecified atom stereocenters. The van der Waals surface area contributed by atoms with Gasteiger partial charge < -0.3 is 10.6 Å². The molecule has 3 N–H and O–H groups in total. The maximum atomic E-state index is 11.6. The van der Waals surface area contributed by atoms with E-state index < -0.39 is 0 Å². The average molecular weight is 237 g/mol. The predicted octanol–water partition coefficient (Wildman–Crippen LogP) is 0.512. The Labute approximate surface area is 104 Å². The molecule has 96 valence electrons. The number of likely N-dealkylation sites (N-methyl/N-ethyl adjacent to an activating group) is 1. The van der Waals surface area contributed by atoms with Gasteiger partial charge >= 0.3 is 0 Å². The minimum atomic E-state index is 0.211. The van der Waals surface area contributed by atoms with Gasteiger partial charge in [0.05, 0.1) is 7.05 Å². The molecule has 0 radical (unpaired) electrons. The van der Waals surface area contributed by atoms with Crippen LogP contribution in [0, 0.1) is 23.2 Å². The fraction of sp³-hybridized carbons (Fsp3) is 0.929. The predicted molar refractivity (Wildman–Crippen MR) is 66.3 cm³/mol. The largest absolute Gasteiger partial charge is 0.351 e. The first kappa shape index (κ1) is 11.5. The smallest absolute Gasteiger partial charge is 0.275 e. The van der Waals surface area contributed by atoms with Gasteiger partial charge in [0.15, 0.2) is 6.54 Å². The SMILES string of the molecule is C[NH2+]CC(=O)NCC12CC3CC(CC(C3)C1)C2. The normalized spacial score (nSPS) is 42.8. The fourth-order valence-electron chi connectivity index (χ4n) is 5.05. The molecule has 4 bridgehead atoms. The summed E-state index contributed by atoms with van der Waals surface area (Å²) in [6.45, 7) is 1.52. The van der Waals surface area contributed by atoms with Gasteiger partial charge in [0, 0.05) is 6.54 Å². The summed E-state index contributed by atoms with van der Waals surface area (Å²) in [5, 5.41) is 5.11. The highest BCUT2D eigenvalue weighted by molar-refractivity contribution is 5.76. The molecule has 4 saturated carbocycles. The average Bonchev–Trinajstić information content (AvgIpc) is 2.25. The number of carbonyl (C=O) groups is 1. The van der Waals surface area contributed by atoms with Crippen molar-refractivity contribution in [3.05, 3.63) is 0 Å².